The second-order valence-corrected chi connectivity index (χ2v) is 6.36. The largest absolute Gasteiger partial charge is 0.312 e. The Morgan fingerprint density at radius 2 is 2.11 bits per heavy atom. The average molecular weight is 258 g/mol. The lowest BCUT2D eigenvalue weighted by molar-refractivity contribution is 0.206. The first kappa shape index (κ1) is 13.1. The highest BCUT2D eigenvalue weighted by Crippen LogP contribution is 2.22. The molecule has 1 aromatic carbocycles. The second-order valence-electron chi connectivity index (χ2n) is 6.36. The van der Waals surface area contributed by atoms with Gasteiger partial charge >= 0.3 is 0 Å². The van der Waals surface area contributed by atoms with Gasteiger partial charge in [-0.05, 0) is 74.8 Å². The van der Waals surface area contributed by atoms with Crippen molar-refractivity contribution >= 4 is 0 Å². The van der Waals surface area contributed by atoms with Crippen molar-refractivity contribution in [3.63, 3.8) is 0 Å². The molecule has 2 nitrogen and oxygen atoms in total. The number of nitrogens with one attached hydrogen (secondary N) is 1. The molecule has 1 atom stereocenters. The van der Waals surface area contributed by atoms with Gasteiger partial charge in [-0.3, -0.25) is 0 Å². The molecule has 1 aliphatic heterocycles. The molecule has 1 aromatic rings. The van der Waals surface area contributed by atoms with Gasteiger partial charge in [-0.15, -0.1) is 0 Å². The normalized spacial score (nSPS) is 23.5. The highest BCUT2D eigenvalue weighted by molar-refractivity contribution is 5.35. The van der Waals surface area contributed by atoms with E-state index in [-0.39, 0.29) is 0 Å². The van der Waals surface area contributed by atoms with E-state index in [0.29, 0.717) is 0 Å². The molecule has 1 unspecified atom stereocenters. The lowest BCUT2D eigenvalue weighted by Crippen LogP contribution is -2.37. The number of hydrogen-bond donors (Lipinski definition) is 1. The molecule has 1 fully saturated rings. The lowest BCUT2D eigenvalue weighted by atomic mass is 9.98. The smallest absolute Gasteiger partial charge is 0.0205 e. The summed E-state index contributed by atoms with van der Waals surface area (Å²) in [4.78, 5) is 2.46. The number of benzene rings is 1. The molecule has 0 saturated carbocycles. The predicted octanol–water partition coefficient (Wildman–Crippen LogP) is 2.61. The molecule has 2 aliphatic rings. The number of fused-ring (bicyclic) bond motifs is 1. The van der Waals surface area contributed by atoms with Crippen molar-refractivity contribution in [1.82, 2.24) is 10.2 Å². The van der Waals surface area contributed by atoms with Gasteiger partial charge in [0.2, 0.25) is 0 Å². The van der Waals surface area contributed by atoms with Crippen LogP contribution in [0, 0.1) is 5.92 Å². The second kappa shape index (κ2) is 6.06. The minimum atomic E-state index is 0.841. The van der Waals surface area contributed by atoms with Crippen LogP contribution in [0.5, 0.6) is 0 Å². The first-order valence-corrected chi connectivity index (χ1v) is 7.81. The van der Waals surface area contributed by atoms with Crippen LogP contribution in [-0.2, 0) is 19.4 Å². The zero-order valence-corrected chi connectivity index (χ0v) is 12.1. The van der Waals surface area contributed by atoms with Crippen LogP contribution in [0.2, 0.25) is 0 Å². The molecule has 104 valence electrons. The summed E-state index contributed by atoms with van der Waals surface area (Å²) in [5.41, 5.74) is 4.64. The topological polar surface area (TPSA) is 15.3 Å². The van der Waals surface area contributed by atoms with Gasteiger partial charge in [0.15, 0.2) is 0 Å². The standard InChI is InChI=1S/C17H26N2/c1-19-9-3-4-15(13-19)12-18-11-14-7-8-16-5-2-6-17(16)10-14/h7-8,10,15,18H,2-6,9,11-13H2,1H3. The van der Waals surface area contributed by atoms with Crippen molar-refractivity contribution in [1.29, 1.82) is 0 Å². The van der Waals surface area contributed by atoms with Gasteiger partial charge in [-0.2, -0.15) is 0 Å². The number of nitrogens with zero attached hydrogens (tertiary/aromatic N) is 1. The molecule has 1 heterocycles. The van der Waals surface area contributed by atoms with Gasteiger partial charge in [0.1, 0.15) is 0 Å². The third-order valence-corrected chi connectivity index (χ3v) is 4.65. The van der Waals surface area contributed by atoms with Crippen molar-refractivity contribution in [2.45, 2.75) is 38.6 Å². The number of piperidine rings is 1. The molecular weight excluding hydrogens is 232 g/mol. The predicted molar refractivity (Wildman–Crippen MR) is 80.4 cm³/mol. The molecule has 0 aromatic heterocycles. The number of likely N-dealkylation sites (tertiary alicyclic amines) is 1. The Hall–Kier alpha value is -0.860. The van der Waals surface area contributed by atoms with Crippen LogP contribution in [-0.4, -0.2) is 31.6 Å². The Morgan fingerprint density at radius 1 is 1.21 bits per heavy atom. The molecular formula is C17H26N2. The Kier molecular flexibility index (Phi) is 4.19. The fourth-order valence-corrected chi connectivity index (χ4v) is 3.60. The summed E-state index contributed by atoms with van der Waals surface area (Å²) in [6.07, 6.45) is 6.68. The van der Waals surface area contributed by atoms with Gasteiger partial charge < -0.3 is 10.2 Å². The monoisotopic (exact) mass is 258 g/mol. The maximum atomic E-state index is 3.66. The quantitative estimate of drug-likeness (QED) is 0.893. The van der Waals surface area contributed by atoms with E-state index >= 15 is 0 Å². The Morgan fingerprint density at radius 3 is 3.00 bits per heavy atom. The van der Waals surface area contributed by atoms with E-state index in [9.17, 15) is 0 Å². The van der Waals surface area contributed by atoms with Gasteiger partial charge in [0.05, 0.1) is 0 Å². The fourth-order valence-electron chi connectivity index (χ4n) is 3.60. The lowest BCUT2D eigenvalue weighted by Gasteiger charge is -2.29. The maximum Gasteiger partial charge on any atom is 0.0205 e. The Labute approximate surface area is 117 Å². The SMILES string of the molecule is CN1CCCC(CNCc2ccc3c(c2)CCC3)C1. The molecule has 0 amide bonds. The summed E-state index contributed by atoms with van der Waals surface area (Å²) >= 11 is 0. The molecule has 0 radical (unpaired) electrons. The highest BCUT2D eigenvalue weighted by Gasteiger charge is 2.16. The van der Waals surface area contributed by atoms with Crippen molar-refractivity contribution in [2.75, 3.05) is 26.7 Å². The van der Waals surface area contributed by atoms with Gasteiger partial charge in [0, 0.05) is 13.1 Å². The van der Waals surface area contributed by atoms with Crippen LogP contribution in [0.15, 0.2) is 18.2 Å². The van der Waals surface area contributed by atoms with Gasteiger partial charge in [-0.25, -0.2) is 0 Å². The van der Waals surface area contributed by atoms with E-state index < -0.39 is 0 Å². The van der Waals surface area contributed by atoms with Crippen LogP contribution < -0.4 is 5.32 Å². The van der Waals surface area contributed by atoms with Gasteiger partial charge in [-0.1, -0.05) is 18.2 Å². The number of aryl methyl sites for hydroxylation is 2. The van der Waals surface area contributed by atoms with E-state index in [1.54, 1.807) is 11.1 Å². The minimum absolute atomic E-state index is 0.841. The van der Waals surface area contributed by atoms with Crippen LogP contribution >= 0.6 is 0 Å². The zero-order chi connectivity index (χ0) is 13.1. The van der Waals surface area contributed by atoms with E-state index in [4.69, 9.17) is 0 Å². The molecule has 1 aliphatic carbocycles. The van der Waals surface area contributed by atoms with Crippen molar-refractivity contribution in [2.24, 2.45) is 5.92 Å². The Bertz CT molecular complexity index is 427. The molecule has 1 saturated heterocycles. The maximum absolute atomic E-state index is 3.66. The van der Waals surface area contributed by atoms with Crippen LogP contribution in [0.1, 0.15) is 36.0 Å². The molecule has 3 rings (SSSR count). The van der Waals surface area contributed by atoms with Crippen LogP contribution in [0.4, 0.5) is 0 Å². The summed E-state index contributed by atoms with van der Waals surface area (Å²) < 4.78 is 0. The molecule has 0 spiro atoms. The summed E-state index contributed by atoms with van der Waals surface area (Å²) in [6, 6.07) is 7.07. The summed E-state index contributed by atoms with van der Waals surface area (Å²) in [5.74, 6) is 0.841. The van der Waals surface area contributed by atoms with E-state index in [0.717, 1.165) is 12.5 Å². The summed E-state index contributed by atoms with van der Waals surface area (Å²) in [7, 11) is 2.24. The zero-order valence-electron chi connectivity index (χ0n) is 12.1. The van der Waals surface area contributed by atoms with Crippen molar-refractivity contribution in [3.05, 3.63) is 34.9 Å². The summed E-state index contributed by atoms with van der Waals surface area (Å²) in [6.45, 7) is 4.74. The first-order valence-electron chi connectivity index (χ1n) is 7.81. The molecule has 0 bridgehead atoms. The molecule has 19 heavy (non-hydrogen) atoms. The van der Waals surface area contributed by atoms with E-state index in [1.807, 2.05) is 0 Å². The third kappa shape index (κ3) is 3.37. The van der Waals surface area contributed by atoms with Gasteiger partial charge in [0.25, 0.3) is 0 Å². The number of hydrogen-bond acceptors (Lipinski definition) is 2. The third-order valence-electron chi connectivity index (χ3n) is 4.65. The highest BCUT2D eigenvalue weighted by atomic mass is 15.1. The minimum Gasteiger partial charge on any atom is -0.312 e. The van der Waals surface area contributed by atoms with Crippen LogP contribution in [0.25, 0.3) is 0 Å². The van der Waals surface area contributed by atoms with E-state index in [2.05, 4.69) is 35.5 Å². The average Bonchev–Trinajstić information content (AvgIpc) is 2.86. The first-order chi connectivity index (χ1) is 9.31. The van der Waals surface area contributed by atoms with E-state index in [1.165, 1.54) is 57.3 Å². The summed E-state index contributed by atoms with van der Waals surface area (Å²) in [5, 5.41) is 3.66. The van der Waals surface area contributed by atoms with Crippen LogP contribution in [0.3, 0.4) is 0 Å². The molecule has 2 heteroatoms. The van der Waals surface area contributed by atoms with Crippen molar-refractivity contribution in [3.8, 4) is 0 Å². The molecule has 1 N–H and O–H groups in total. The Balaban J connectivity index is 1.47. The number of rotatable bonds is 4. The van der Waals surface area contributed by atoms with Crippen molar-refractivity contribution < 1.29 is 0 Å². The fraction of sp³-hybridized carbons (Fsp3) is 0.647.